The van der Waals surface area contributed by atoms with E-state index in [1.165, 1.54) is 18.7 Å². The number of ether oxygens (including phenoxy) is 1. The zero-order chi connectivity index (χ0) is 13.0. The first-order valence-corrected chi connectivity index (χ1v) is 6.38. The molecule has 0 amide bonds. The Morgan fingerprint density at radius 1 is 1.41 bits per heavy atom. The van der Waals surface area contributed by atoms with Gasteiger partial charge in [0.1, 0.15) is 5.75 Å². The van der Waals surface area contributed by atoms with Crippen LogP contribution in [0.25, 0.3) is 0 Å². The molecule has 0 aliphatic heterocycles. The van der Waals surface area contributed by atoms with E-state index in [0.29, 0.717) is 11.3 Å². The third kappa shape index (κ3) is 3.48. The van der Waals surface area contributed by atoms with Crippen molar-refractivity contribution in [1.82, 2.24) is 0 Å². The number of rotatable bonds is 5. The lowest BCUT2D eigenvalue weighted by Crippen LogP contribution is -2.15. The van der Waals surface area contributed by atoms with E-state index in [0.717, 1.165) is 4.90 Å². The molecule has 2 unspecified atom stereocenters. The van der Waals surface area contributed by atoms with Gasteiger partial charge in [0.15, 0.2) is 5.78 Å². The summed E-state index contributed by atoms with van der Waals surface area (Å²) in [7, 11) is 1.55. The van der Waals surface area contributed by atoms with Crippen LogP contribution in [0.15, 0.2) is 23.1 Å². The number of hydrogen-bond acceptors (Lipinski definition) is 4. The molecule has 2 atom stereocenters. The summed E-state index contributed by atoms with van der Waals surface area (Å²) >= 11 is 1.49. The predicted octanol–water partition coefficient (Wildman–Crippen LogP) is 2.76. The van der Waals surface area contributed by atoms with Crippen molar-refractivity contribution in [2.24, 2.45) is 0 Å². The van der Waals surface area contributed by atoms with Gasteiger partial charge in [-0.1, -0.05) is 13.0 Å². The maximum atomic E-state index is 11.6. The second-order valence-electron chi connectivity index (χ2n) is 3.95. The number of benzene rings is 1. The molecule has 0 fully saturated rings. The van der Waals surface area contributed by atoms with E-state index in [-0.39, 0.29) is 11.0 Å². The van der Waals surface area contributed by atoms with Gasteiger partial charge in [-0.3, -0.25) is 4.79 Å². The highest BCUT2D eigenvalue weighted by molar-refractivity contribution is 8.00. The van der Waals surface area contributed by atoms with Crippen molar-refractivity contribution >= 4 is 17.5 Å². The van der Waals surface area contributed by atoms with Crippen LogP contribution in [0.2, 0.25) is 0 Å². The first kappa shape index (κ1) is 14.1. The van der Waals surface area contributed by atoms with Crippen LogP contribution in [-0.4, -0.2) is 29.4 Å². The summed E-state index contributed by atoms with van der Waals surface area (Å²) in [6, 6.07) is 5.50. The van der Waals surface area contributed by atoms with Crippen LogP contribution in [0.1, 0.15) is 31.1 Å². The Labute approximate surface area is 106 Å². The van der Waals surface area contributed by atoms with Gasteiger partial charge in [-0.25, -0.2) is 0 Å². The van der Waals surface area contributed by atoms with Crippen LogP contribution in [0.4, 0.5) is 0 Å². The van der Waals surface area contributed by atoms with E-state index < -0.39 is 6.10 Å². The van der Waals surface area contributed by atoms with Crippen molar-refractivity contribution in [2.45, 2.75) is 37.0 Å². The molecule has 0 spiro atoms. The molecule has 1 rings (SSSR count). The fraction of sp³-hybridized carbons (Fsp3) is 0.462. The van der Waals surface area contributed by atoms with Crippen LogP contribution >= 0.6 is 11.8 Å². The van der Waals surface area contributed by atoms with Crippen molar-refractivity contribution in [3.05, 3.63) is 23.8 Å². The molecule has 0 aromatic heterocycles. The molecule has 4 heteroatoms. The van der Waals surface area contributed by atoms with E-state index >= 15 is 0 Å². The standard InChI is InChI=1S/C13H18O3S/c1-8(14)10(3)17-12-7-5-6-11(16-4)13(12)9(2)15/h5-8,10,14H,1-4H3. The second-order valence-corrected chi connectivity index (χ2v) is 5.37. The molecule has 0 radical (unpaired) electrons. The summed E-state index contributed by atoms with van der Waals surface area (Å²) in [6.07, 6.45) is -0.425. The molecule has 1 N–H and O–H groups in total. The fourth-order valence-corrected chi connectivity index (χ4v) is 2.54. The number of carbonyl (C=O) groups excluding carboxylic acids is 1. The summed E-state index contributed by atoms with van der Waals surface area (Å²) in [5.74, 6) is 0.558. The highest BCUT2D eigenvalue weighted by Crippen LogP contribution is 2.33. The Hall–Kier alpha value is -1.00. The summed E-state index contributed by atoms with van der Waals surface area (Å²) in [5, 5.41) is 9.53. The minimum atomic E-state index is -0.425. The highest BCUT2D eigenvalue weighted by atomic mass is 32.2. The number of methoxy groups -OCH3 is 1. The van der Waals surface area contributed by atoms with Gasteiger partial charge >= 0.3 is 0 Å². The van der Waals surface area contributed by atoms with Gasteiger partial charge < -0.3 is 9.84 Å². The average molecular weight is 254 g/mol. The van der Waals surface area contributed by atoms with Crippen molar-refractivity contribution < 1.29 is 14.6 Å². The smallest absolute Gasteiger partial charge is 0.164 e. The number of carbonyl (C=O) groups is 1. The van der Waals surface area contributed by atoms with Gasteiger partial charge in [0, 0.05) is 10.1 Å². The van der Waals surface area contributed by atoms with Gasteiger partial charge in [0.05, 0.1) is 18.8 Å². The van der Waals surface area contributed by atoms with E-state index in [1.54, 1.807) is 20.1 Å². The lowest BCUT2D eigenvalue weighted by Gasteiger charge is -2.17. The third-order valence-corrected chi connectivity index (χ3v) is 3.91. The Kier molecular flexibility index (Phi) is 5.02. The van der Waals surface area contributed by atoms with Crippen LogP contribution < -0.4 is 4.74 Å². The number of ketones is 1. The first-order valence-electron chi connectivity index (χ1n) is 5.50. The van der Waals surface area contributed by atoms with E-state index in [1.807, 2.05) is 19.1 Å². The number of Topliss-reactive ketones (excluding diaryl/α,β-unsaturated/α-hetero) is 1. The van der Waals surface area contributed by atoms with Crippen LogP contribution in [0.3, 0.4) is 0 Å². The molecule has 94 valence electrons. The van der Waals surface area contributed by atoms with Gasteiger partial charge in [0.2, 0.25) is 0 Å². The molecule has 17 heavy (non-hydrogen) atoms. The lowest BCUT2D eigenvalue weighted by molar-refractivity contribution is 0.101. The van der Waals surface area contributed by atoms with Gasteiger partial charge in [-0.2, -0.15) is 0 Å². The third-order valence-electron chi connectivity index (χ3n) is 2.55. The largest absolute Gasteiger partial charge is 0.496 e. The van der Waals surface area contributed by atoms with E-state index in [4.69, 9.17) is 4.74 Å². The number of hydrogen-bond donors (Lipinski definition) is 1. The summed E-state index contributed by atoms with van der Waals surface area (Å²) in [4.78, 5) is 12.5. The number of thioether (sulfide) groups is 1. The molecule has 0 bridgehead atoms. The monoisotopic (exact) mass is 254 g/mol. The van der Waals surface area contributed by atoms with Crippen molar-refractivity contribution in [2.75, 3.05) is 7.11 Å². The SMILES string of the molecule is COc1cccc(SC(C)C(C)O)c1C(C)=O. The maximum Gasteiger partial charge on any atom is 0.164 e. The average Bonchev–Trinajstić information content (AvgIpc) is 2.27. The Bertz CT molecular complexity index is 402. The Morgan fingerprint density at radius 2 is 2.06 bits per heavy atom. The molecule has 0 aliphatic rings. The van der Waals surface area contributed by atoms with Gasteiger partial charge in [-0.15, -0.1) is 11.8 Å². The van der Waals surface area contributed by atoms with E-state index in [2.05, 4.69) is 0 Å². The fourth-order valence-electron chi connectivity index (χ4n) is 1.43. The molecule has 0 aliphatic carbocycles. The summed E-state index contributed by atoms with van der Waals surface area (Å²) < 4.78 is 5.19. The molecule has 0 saturated carbocycles. The predicted molar refractivity (Wildman–Crippen MR) is 70.0 cm³/mol. The highest BCUT2D eigenvalue weighted by Gasteiger charge is 2.18. The number of aliphatic hydroxyl groups is 1. The zero-order valence-corrected chi connectivity index (χ0v) is 11.4. The van der Waals surface area contributed by atoms with Crippen molar-refractivity contribution in [3.8, 4) is 5.75 Å². The zero-order valence-electron chi connectivity index (χ0n) is 10.6. The normalized spacial score (nSPS) is 14.2. The topological polar surface area (TPSA) is 46.5 Å². The molecule has 1 aromatic rings. The molecule has 0 heterocycles. The quantitative estimate of drug-likeness (QED) is 0.648. The minimum Gasteiger partial charge on any atom is -0.496 e. The molecule has 1 aromatic carbocycles. The Balaban J connectivity index is 3.10. The van der Waals surface area contributed by atoms with Crippen LogP contribution in [0, 0.1) is 0 Å². The van der Waals surface area contributed by atoms with Crippen molar-refractivity contribution in [3.63, 3.8) is 0 Å². The first-order chi connectivity index (χ1) is 7.97. The maximum absolute atomic E-state index is 11.6. The second kappa shape index (κ2) is 6.07. The molecule has 3 nitrogen and oxygen atoms in total. The van der Waals surface area contributed by atoms with E-state index in [9.17, 15) is 9.90 Å². The molecule has 0 saturated heterocycles. The van der Waals surface area contributed by atoms with Gasteiger partial charge in [0.25, 0.3) is 0 Å². The molecular formula is C13H18O3S. The summed E-state index contributed by atoms with van der Waals surface area (Å²) in [6.45, 7) is 5.19. The molecular weight excluding hydrogens is 236 g/mol. The summed E-state index contributed by atoms with van der Waals surface area (Å²) in [5.41, 5.74) is 0.590. The minimum absolute atomic E-state index is 0.0252. The Morgan fingerprint density at radius 3 is 2.53 bits per heavy atom. The van der Waals surface area contributed by atoms with Crippen LogP contribution in [-0.2, 0) is 0 Å². The van der Waals surface area contributed by atoms with Crippen LogP contribution in [0.5, 0.6) is 5.75 Å². The van der Waals surface area contributed by atoms with Gasteiger partial charge in [-0.05, 0) is 26.0 Å². The van der Waals surface area contributed by atoms with Crippen molar-refractivity contribution in [1.29, 1.82) is 0 Å². The lowest BCUT2D eigenvalue weighted by atomic mass is 10.1. The number of aliphatic hydroxyl groups excluding tert-OH is 1.